The van der Waals surface area contributed by atoms with Crippen molar-refractivity contribution < 1.29 is 9.59 Å². The van der Waals surface area contributed by atoms with Crippen LogP contribution >= 0.6 is 0 Å². The first-order valence-electron chi connectivity index (χ1n) is 15.4. The van der Waals surface area contributed by atoms with Crippen LogP contribution in [0.4, 0.5) is 17.1 Å². The Labute approximate surface area is 286 Å². The van der Waals surface area contributed by atoms with E-state index in [4.69, 9.17) is 13.1 Å². The van der Waals surface area contributed by atoms with Gasteiger partial charge in [-0.1, -0.05) is 60.7 Å². The highest BCUT2D eigenvalue weighted by molar-refractivity contribution is 6.36. The van der Waals surface area contributed by atoms with Gasteiger partial charge >= 0.3 is 0 Å². The van der Waals surface area contributed by atoms with E-state index < -0.39 is 11.8 Å². The number of anilines is 1. The zero-order valence-electron chi connectivity index (χ0n) is 26.0. The third-order valence-corrected chi connectivity index (χ3v) is 8.93. The lowest BCUT2D eigenvalue weighted by atomic mass is 9.98. The van der Waals surface area contributed by atoms with E-state index in [0.717, 1.165) is 10.8 Å². The molecule has 0 unspecified atom stereocenters. The van der Waals surface area contributed by atoms with Gasteiger partial charge in [-0.15, -0.1) is 0 Å². The Morgan fingerprint density at radius 2 is 1.08 bits per heavy atom. The van der Waals surface area contributed by atoms with Crippen molar-refractivity contribution in [1.82, 2.24) is 4.57 Å². The number of carbonyl (C=O) groups is 2. The van der Waals surface area contributed by atoms with Crippen LogP contribution in [0.1, 0.15) is 31.8 Å². The summed E-state index contributed by atoms with van der Waals surface area (Å²) in [6.45, 7) is 15.4. The van der Waals surface area contributed by atoms with Gasteiger partial charge in [-0.25, -0.2) is 14.6 Å². The van der Waals surface area contributed by atoms with Crippen LogP contribution in [0.25, 0.3) is 59.4 Å². The van der Waals surface area contributed by atoms with E-state index in [1.54, 1.807) is 66.7 Å². The van der Waals surface area contributed by atoms with Crippen molar-refractivity contribution in [1.29, 1.82) is 10.5 Å². The molecule has 1 aliphatic rings. The largest absolute Gasteiger partial charge is 0.307 e. The Morgan fingerprint density at radius 3 is 1.60 bits per heavy atom. The van der Waals surface area contributed by atoms with E-state index in [1.165, 1.54) is 17.0 Å². The molecular formula is C42H20N6O2. The van der Waals surface area contributed by atoms with Gasteiger partial charge in [-0.2, -0.15) is 10.5 Å². The standard InChI is InChI=1S/C42H20N6O2/c1-45-29-19-25(23-43)17-27(21-29)32-11-6-13-34-35-14-7-12-33(28-18-26(24-44)20-30(22-28)46-2)40(35)48(39(32)34)37-16-8-15-36-38(37)42(50)47(41(36)49)31-9-4-3-5-10-31/h3-22H. The highest BCUT2D eigenvalue weighted by atomic mass is 16.2. The molecule has 1 aromatic heterocycles. The van der Waals surface area contributed by atoms with Crippen LogP contribution in [0.15, 0.2) is 121 Å². The van der Waals surface area contributed by atoms with Crippen LogP contribution in [0, 0.1) is 35.8 Å². The predicted octanol–water partition coefficient (Wildman–Crippen LogP) is 9.76. The fraction of sp³-hybridized carbons (Fsp3) is 0. The molecule has 6 aromatic carbocycles. The Morgan fingerprint density at radius 1 is 0.560 bits per heavy atom. The van der Waals surface area contributed by atoms with Crippen LogP contribution in [-0.2, 0) is 0 Å². The summed E-state index contributed by atoms with van der Waals surface area (Å²) >= 11 is 0. The summed E-state index contributed by atoms with van der Waals surface area (Å²) in [5.74, 6) is -0.911. The third-order valence-electron chi connectivity index (χ3n) is 8.93. The molecule has 8 nitrogen and oxygen atoms in total. The number of rotatable bonds is 4. The number of nitrogens with zero attached hydrogens (tertiary/aromatic N) is 6. The number of fused-ring (bicyclic) bond motifs is 4. The summed E-state index contributed by atoms with van der Waals surface area (Å²) in [5.41, 5.74) is 6.71. The number of amides is 2. The van der Waals surface area contributed by atoms with Crippen LogP contribution in [0.2, 0.25) is 0 Å². The van der Waals surface area contributed by atoms with E-state index in [9.17, 15) is 20.1 Å². The Hall–Kier alpha value is -7.78. The van der Waals surface area contributed by atoms with Gasteiger partial charge in [0.05, 0.1) is 58.8 Å². The Kier molecular flexibility index (Phi) is 6.80. The lowest BCUT2D eigenvalue weighted by Gasteiger charge is -2.17. The average molecular weight is 641 g/mol. The normalized spacial score (nSPS) is 12.0. The van der Waals surface area contributed by atoms with Gasteiger partial charge in [0.25, 0.3) is 11.8 Å². The molecule has 0 saturated heterocycles. The van der Waals surface area contributed by atoms with Crippen LogP contribution < -0.4 is 4.90 Å². The molecule has 0 saturated carbocycles. The second kappa shape index (κ2) is 11.5. The van der Waals surface area contributed by atoms with Crippen LogP contribution in [-0.4, -0.2) is 16.4 Å². The first-order chi connectivity index (χ1) is 24.4. The van der Waals surface area contributed by atoms with E-state index in [1.807, 2.05) is 47.0 Å². The summed E-state index contributed by atoms with van der Waals surface area (Å²) in [5, 5.41) is 21.3. The molecule has 7 aromatic rings. The van der Waals surface area contributed by atoms with Gasteiger partial charge in [0.1, 0.15) is 0 Å². The molecule has 0 N–H and O–H groups in total. The zero-order chi connectivity index (χ0) is 34.5. The molecule has 2 heterocycles. The lowest BCUT2D eigenvalue weighted by Crippen LogP contribution is -2.29. The maximum absolute atomic E-state index is 14.4. The molecule has 0 atom stereocenters. The molecule has 0 spiro atoms. The molecule has 230 valence electrons. The topological polar surface area (TPSA) is 98.6 Å². The quantitative estimate of drug-likeness (QED) is 0.141. The third kappa shape index (κ3) is 4.43. The number of hydrogen-bond donors (Lipinski definition) is 0. The van der Waals surface area contributed by atoms with E-state index in [0.29, 0.717) is 67.2 Å². The maximum atomic E-state index is 14.4. The fourth-order valence-electron chi connectivity index (χ4n) is 6.88. The van der Waals surface area contributed by atoms with Gasteiger partial charge in [-0.3, -0.25) is 9.59 Å². The van der Waals surface area contributed by atoms with Crippen LogP contribution in [0.3, 0.4) is 0 Å². The summed E-state index contributed by atoms with van der Waals surface area (Å²) in [7, 11) is 0. The van der Waals surface area contributed by atoms with Gasteiger partial charge in [0.2, 0.25) is 0 Å². The number of nitriles is 2. The first-order valence-corrected chi connectivity index (χ1v) is 15.4. The zero-order valence-corrected chi connectivity index (χ0v) is 26.0. The SMILES string of the molecule is [C-]#[N+]c1cc(C#N)cc(-c2cccc3c4cccc(-c5cc(C#N)cc([N+]#[C-])c5)c4n(-c4cccc5c4C(=O)N(c4ccccc4)C5=O)c23)c1. The highest BCUT2D eigenvalue weighted by Crippen LogP contribution is 2.45. The second-order valence-electron chi connectivity index (χ2n) is 11.7. The number of aromatic nitrogens is 1. The second-order valence-corrected chi connectivity index (χ2v) is 11.7. The summed E-state index contributed by atoms with van der Waals surface area (Å²) < 4.78 is 1.96. The average Bonchev–Trinajstić information content (AvgIpc) is 3.65. The molecule has 0 aliphatic carbocycles. The summed E-state index contributed by atoms with van der Waals surface area (Å²) in [6, 6.07) is 39.8. The van der Waals surface area contributed by atoms with Crippen molar-refractivity contribution in [3.63, 3.8) is 0 Å². The molecule has 50 heavy (non-hydrogen) atoms. The smallest absolute Gasteiger partial charge is 0.268 e. The van der Waals surface area contributed by atoms with Crippen molar-refractivity contribution in [3.8, 4) is 40.1 Å². The van der Waals surface area contributed by atoms with Crippen molar-refractivity contribution in [2.24, 2.45) is 0 Å². The minimum Gasteiger partial charge on any atom is -0.307 e. The minimum absolute atomic E-state index is 0.227. The summed E-state index contributed by atoms with van der Waals surface area (Å²) in [6.07, 6.45) is 0. The number of carbonyl (C=O) groups excluding carboxylic acids is 2. The molecule has 0 radical (unpaired) electrons. The highest BCUT2D eigenvalue weighted by Gasteiger charge is 2.39. The number of para-hydroxylation sites is 3. The monoisotopic (exact) mass is 640 g/mol. The molecule has 1 aliphatic heterocycles. The molecular weight excluding hydrogens is 621 g/mol. The van der Waals surface area contributed by atoms with Crippen molar-refractivity contribution in [2.45, 2.75) is 0 Å². The van der Waals surface area contributed by atoms with Gasteiger partial charge in [0.15, 0.2) is 11.4 Å². The van der Waals surface area contributed by atoms with Gasteiger partial charge in [0, 0.05) is 33.0 Å². The number of hydrogen-bond acceptors (Lipinski definition) is 4. The summed E-state index contributed by atoms with van der Waals surface area (Å²) in [4.78, 5) is 36.7. The predicted molar refractivity (Wildman–Crippen MR) is 191 cm³/mol. The Balaban J connectivity index is 1.54. The van der Waals surface area contributed by atoms with E-state index in [2.05, 4.69) is 21.8 Å². The maximum Gasteiger partial charge on any atom is 0.268 e. The molecule has 2 amide bonds. The van der Waals surface area contributed by atoms with Gasteiger partial charge in [-0.05, 0) is 71.8 Å². The van der Waals surface area contributed by atoms with Crippen molar-refractivity contribution in [3.05, 3.63) is 166 Å². The number of imide groups is 1. The minimum atomic E-state index is -0.472. The molecule has 0 fully saturated rings. The van der Waals surface area contributed by atoms with Gasteiger partial charge < -0.3 is 4.57 Å². The molecule has 8 rings (SSSR count). The van der Waals surface area contributed by atoms with Crippen LogP contribution in [0.5, 0.6) is 0 Å². The van der Waals surface area contributed by atoms with E-state index in [-0.39, 0.29) is 11.1 Å². The van der Waals surface area contributed by atoms with Crippen molar-refractivity contribution >= 4 is 50.7 Å². The molecule has 0 bridgehead atoms. The first kappa shape index (κ1) is 29.6. The lowest BCUT2D eigenvalue weighted by molar-refractivity contribution is 0.0926. The fourth-order valence-corrected chi connectivity index (χ4v) is 6.88. The molecule has 8 heteroatoms. The Bertz CT molecular complexity index is 2610. The number of benzene rings is 6. The van der Waals surface area contributed by atoms with E-state index >= 15 is 0 Å². The van der Waals surface area contributed by atoms with Crippen molar-refractivity contribution in [2.75, 3.05) is 4.90 Å².